The van der Waals surface area contributed by atoms with E-state index in [4.69, 9.17) is 10.7 Å². The van der Waals surface area contributed by atoms with Gasteiger partial charge in [-0.05, 0) is 68.9 Å². The molecule has 3 aliphatic heterocycles. The van der Waals surface area contributed by atoms with Gasteiger partial charge in [-0.2, -0.15) is 0 Å². The maximum Gasteiger partial charge on any atom is 0.320 e. The minimum Gasteiger partial charge on any atom is -0.364 e. The smallest absolute Gasteiger partial charge is 0.320 e. The third kappa shape index (κ3) is 5.20. The third-order valence-electron chi connectivity index (χ3n) is 8.34. The second-order valence-electron chi connectivity index (χ2n) is 11.0. The van der Waals surface area contributed by atoms with Gasteiger partial charge in [-0.3, -0.25) is 4.79 Å². The van der Waals surface area contributed by atoms with Crippen LogP contribution in [-0.4, -0.2) is 96.0 Å². The van der Waals surface area contributed by atoms with Gasteiger partial charge in [-0.25, -0.2) is 14.8 Å². The van der Waals surface area contributed by atoms with Crippen molar-refractivity contribution < 1.29 is 9.59 Å². The molecule has 10 heteroatoms. The first kappa shape index (κ1) is 25.3. The number of nitrogens with zero attached hydrogens (tertiary/aromatic N) is 6. The molecule has 1 atom stereocenters. The Morgan fingerprint density at radius 2 is 1.81 bits per heavy atom. The number of nitrogens with two attached hydrogens (primary N) is 1. The number of primary amides is 1. The van der Waals surface area contributed by atoms with Gasteiger partial charge in [0, 0.05) is 38.9 Å². The number of hydrogen-bond acceptors (Lipinski definition) is 7. The normalized spacial score (nSPS) is 22.4. The number of urea groups is 1. The van der Waals surface area contributed by atoms with Crippen LogP contribution in [0.1, 0.15) is 48.7 Å². The highest BCUT2D eigenvalue weighted by molar-refractivity contribution is 5.96. The Bertz CT molecular complexity index is 1150. The standard InChI is InChI=1S/C27H38N8O2/c1-27(10-13-32(2)14-11-27)19-6-8-20(9-7-19)30-25-23(24(28)36)29-17-22(31-25)34-12-4-5-21(18-34)35-16-15-33(3)26(35)37/h6-9,17,21H,4-5,10-16,18H2,1-3H3,(H2,28,36)(H,30,31)/t21-/m0/s1. The Morgan fingerprint density at radius 3 is 2.46 bits per heavy atom. The van der Waals surface area contributed by atoms with Crippen LogP contribution < -0.4 is 16.0 Å². The SMILES string of the molecule is CN1CCC(C)(c2ccc(Nc3nc(N4CCC[C@H](N5CCN(C)C5=O)C4)cnc3C(N)=O)cc2)CC1. The van der Waals surface area contributed by atoms with Crippen molar-refractivity contribution in [1.29, 1.82) is 0 Å². The van der Waals surface area contributed by atoms with Crippen LogP contribution in [0, 0.1) is 0 Å². The monoisotopic (exact) mass is 506 g/mol. The summed E-state index contributed by atoms with van der Waals surface area (Å²) in [5.41, 5.74) is 8.06. The number of piperidine rings is 2. The maximum atomic E-state index is 12.5. The molecule has 3 N–H and O–H groups in total. The summed E-state index contributed by atoms with van der Waals surface area (Å²) in [6.45, 7) is 7.54. The molecule has 4 heterocycles. The molecular formula is C27H38N8O2. The predicted molar refractivity (Wildman–Crippen MR) is 144 cm³/mol. The summed E-state index contributed by atoms with van der Waals surface area (Å²) in [6, 6.07) is 8.60. The molecule has 3 amide bonds. The molecule has 3 fully saturated rings. The number of carbonyl (C=O) groups is 2. The van der Waals surface area contributed by atoms with Crippen molar-refractivity contribution in [2.75, 3.05) is 63.6 Å². The molecule has 0 saturated carbocycles. The molecule has 3 saturated heterocycles. The molecule has 0 bridgehead atoms. The lowest BCUT2D eigenvalue weighted by atomic mass is 9.74. The molecule has 0 unspecified atom stereocenters. The quantitative estimate of drug-likeness (QED) is 0.620. The number of carbonyl (C=O) groups excluding carboxylic acids is 2. The lowest BCUT2D eigenvalue weighted by Gasteiger charge is -2.38. The predicted octanol–water partition coefficient (Wildman–Crippen LogP) is 2.64. The van der Waals surface area contributed by atoms with Gasteiger partial charge in [0.25, 0.3) is 5.91 Å². The number of aromatic nitrogens is 2. The fourth-order valence-electron chi connectivity index (χ4n) is 5.72. The van der Waals surface area contributed by atoms with Gasteiger partial charge in [0.15, 0.2) is 11.5 Å². The Kier molecular flexibility index (Phi) is 6.94. The highest BCUT2D eigenvalue weighted by atomic mass is 16.2. The lowest BCUT2D eigenvalue weighted by molar-refractivity contribution is 0.0996. The zero-order chi connectivity index (χ0) is 26.2. The van der Waals surface area contributed by atoms with Gasteiger partial charge in [0.1, 0.15) is 5.82 Å². The number of benzene rings is 1. The molecule has 0 radical (unpaired) electrons. The minimum absolute atomic E-state index is 0.0851. The summed E-state index contributed by atoms with van der Waals surface area (Å²) in [5.74, 6) is 0.397. The van der Waals surface area contributed by atoms with Gasteiger partial charge in [-0.15, -0.1) is 0 Å². The summed E-state index contributed by atoms with van der Waals surface area (Å²) in [7, 11) is 4.02. The summed E-state index contributed by atoms with van der Waals surface area (Å²) >= 11 is 0. The second-order valence-corrected chi connectivity index (χ2v) is 11.0. The number of nitrogens with one attached hydrogen (secondary N) is 1. The topological polar surface area (TPSA) is 111 Å². The molecule has 0 spiro atoms. The van der Waals surface area contributed by atoms with Crippen LogP contribution in [0.15, 0.2) is 30.5 Å². The van der Waals surface area contributed by atoms with Crippen molar-refractivity contribution in [2.24, 2.45) is 5.73 Å². The van der Waals surface area contributed by atoms with E-state index in [1.54, 1.807) is 11.1 Å². The first-order chi connectivity index (χ1) is 17.7. The molecule has 198 valence electrons. The van der Waals surface area contributed by atoms with Crippen molar-refractivity contribution in [3.05, 3.63) is 41.7 Å². The summed E-state index contributed by atoms with van der Waals surface area (Å²) < 4.78 is 0. The van der Waals surface area contributed by atoms with E-state index in [1.807, 2.05) is 24.1 Å². The van der Waals surface area contributed by atoms with Gasteiger partial charge in [-0.1, -0.05) is 19.1 Å². The lowest BCUT2D eigenvalue weighted by Crippen LogP contribution is -2.49. The Labute approximate surface area is 218 Å². The molecule has 1 aromatic heterocycles. The van der Waals surface area contributed by atoms with Crippen LogP contribution >= 0.6 is 0 Å². The van der Waals surface area contributed by atoms with Gasteiger partial charge >= 0.3 is 6.03 Å². The highest BCUT2D eigenvalue weighted by Crippen LogP contribution is 2.35. The molecule has 3 aliphatic rings. The van der Waals surface area contributed by atoms with Crippen molar-refractivity contribution >= 4 is 29.3 Å². The number of amides is 3. The molecule has 5 rings (SSSR count). The molecule has 10 nitrogen and oxygen atoms in total. The largest absolute Gasteiger partial charge is 0.364 e. The Morgan fingerprint density at radius 1 is 1.08 bits per heavy atom. The Balaban J connectivity index is 1.33. The van der Waals surface area contributed by atoms with Crippen LogP contribution in [0.5, 0.6) is 0 Å². The van der Waals surface area contributed by atoms with Gasteiger partial charge in [0.05, 0.1) is 12.2 Å². The Hall–Kier alpha value is -3.40. The summed E-state index contributed by atoms with van der Waals surface area (Å²) in [4.78, 5) is 42.1. The minimum atomic E-state index is -0.626. The average Bonchev–Trinajstić information content (AvgIpc) is 3.24. The van der Waals surface area contributed by atoms with E-state index in [1.165, 1.54) is 5.56 Å². The van der Waals surface area contributed by atoms with Crippen molar-refractivity contribution in [2.45, 2.75) is 44.1 Å². The van der Waals surface area contributed by atoms with E-state index in [2.05, 4.69) is 46.2 Å². The van der Waals surface area contributed by atoms with E-state index in [9.17, 15) is 9.59 Å². The summed E-state index contributed by atoms with van der Waals surface area (Å²) in [6.07, 6.45) is 5.79. The van der Waals surface area contributed by atoms with E-state index < -0.39 is 5.91 Å². The van der Waals surface area contributed by atoms with Crippen molar-refractivity contribution in [3.63, 3.8) is 0 Å². The first-order valence-corrected chi connectivity index (χ1v) is 13.2. The van der Waals surface area contributed by atoms with E-state index in [0.717, 1.165) is 64.1 Å². The molecule has 1 aromatic carbocycles. The third-order valence-corrected chi connectivity index (χ3v) is 8.34. The second kappa shape index (κ2) is 10.2. The molecule has 2 aromatic rings. The van der Waals surface area contributed by atoms with Gasteiger partial charge < -0.3 is 30.7 Å². The van der Waals surface area contributed by atoms with Crippen LogP contribution in [0.2, 0.25) is 0 Å². The zero-order valence-corrected chi connectivity index (χ0v) is 22.1. The average molecular weight is 507 g/mol. The van der Waals surface area contributed by atoms with Crippen molar-refractivity contribution in [3.8, 4) is 0 Å². The van der Waals surface area contributed by atoms with E-state index in [0.29, 0.717) is 18.2 Å². The maximum absolute atomic E-state index is 12.5. The van der Waals surface area contributed by atoms with Gasteiger partial charge in [0.2, 0.25) is 0 Å². The van der Waals surface area contributed by atoms with E-state index in [-0.39, 0.29) is 23.2 Å². The molecular weight excluding hydrogens is 468 g/mol. The number of anilines is 3. The van der Waals surface area contributed by atoms with Crippen LogP contribution in [0.3, 0.4) is 0 Å². The van der Waals surface area contributed by atoms with E-state index >= 15 is 0 Å². The number of hydrogen-bond donors (Lipinski definition) is 2. The highest BCUT2D eigenvalue weighted by Gasteiger charge is 2.35. The first-order valence-electron chi connectivity index (χ1n) is 13.2. The molecule has 37 heavy (non-hydrogen) atoms. The number of rotatable bonds is 6. The fraction of sp³-hybridized carbons (Fsp3) is 0.556. The molecule has 0 aliphatic carbocycles. The number of likely N-dealkylation sites (N-methyl/N-ethyl adjacent to an activating group) is 1. The summed E-state index contributed by atoms with van der Waals surface area (Å²) in [5, 5.41) is 3.28. The zero-order valence-electron chi connectivity index (χ0n) is 22.1. The fourth-order valence-corrected chi connectivity index (χ4v) is 5.72. The van der Waals surface area contributed by atoms with Crippen LogP contribution in [0.25, 0.3) is 0 Å². The van der Waals surface area contributed by atoms with Crippen molar-refractivity contribution in [1.82, 2.24) is 24.7 Å². The van der Waals surface area contributed by atoms with Crippen LogP contribution in [-0.2, 0) is 5.41 Å². The number of likely N-dealkylation sites (tertiary alicyclic amines) is 1. The van der Waals surface area contributed by atoms with Crippen LogP contribution in [0.4, 0.5) is 22.1 Å².